The van der Waals surface area contributed by atoms with E-state index in [9.17, 15) is 13.6 Å². The van der Waals surface area contributed by atoms with E-state index in [-0.39, 0.29) is 5.78 Å². The number of carbonyl (C=O) groups excluding carboxylic acids is 1. The fourth-order valence-corrected chi connectivity index (χ4v) is 3.95. The van der Waals surface area contributed by atoms with Crippen LogP contribution in [0.25, 0.3) is 22.4 Å². The van der Waals surface area contributed by atoms with Crippen LogP contribution in [-0.4, -0.2) is 19.1 Å². The van der Waals surface area contributed by atoms with Gasteiger partial charge in [-0.15, -0.1) is 0 Å². The molecule has 28 heavy (non-hydrogen) atoms. The van der Waals surface area contributed by atoms with Gasteiger partial charge in [0.2, 0.25) is 0 Å². The van der Waals surface area contributed by atoms with E-state index in [1.54, 1.807) is 12.1 Å². The van der Waals surface area contributed by atoms with E-state index in [1.165, 1.54) is 0 Å². The van der Waals surface area contributed by atoms with Gasteiger partial charge in [-0.25, -0.2) is 0 Å². The third-order valence-corrected chi connectivity index (χ3v) is 5.37. The molecule has 3 rings (SSSR count). The van der Waals surface area contributed by atoms with Crippen molar-refractivity contribution in [3.05, 3.63) is 64.8 Å². The van der Waals surface area contributed by atoms with E-state index in [4.69, 9.17) is 11.6 Å². The molecule has 0 aliphatic rings. The van der Waals surface area contributed by atoms with Gasteiger partial charge in [0.15, 0.2) is 5.78 Å². The first kappa shape index (κ1) is 20.3. The number of benzene rings is 2. The Kier molecular flexibility index (Phi) is 6.03. The van der Waals surface area contributed by atoms with Gasteiger partial charge in [0.05, 0.1) is 11.4 Å². The average molecular weight is 416 g/mol. The second kappa shape index (κ2) is 8.31. The normalized spacial score (nSPS) is 12.0. The number of hydrogen-bond donors (Lipinski definition) is 1. The van der Waals surface area contributed by atoms with E-state index in [1.807, 2.05) is 61.9 Å². The van der Waals surface area contributed by atoms with Crippen molar-refractivity contribution in [1.29, 1.82) is 0 Å². The molecule has 1 unspecified atom stereocenters. The summed E-state index contributed by atoms with van der Waals surface area (Å²) in [6.07, 6.45) is 0.388. The summed E-state index contributed by atoms with van der Waals surface area (Å²) in [4.78, 5) is 12.8. The molecule has 7 heteroatoms. The monoisotopic (exact) mass is 415 g/mol. The molecule has 0 aliphatic carbocycles. The van der Waals surface area contributed by atoms with Crippen molar-refractivity contribution >= 4 is 34.3 Å². The Morgan fingerprint density at radius 3 is 2.21 bits per heavy atom. The van der Waals surface area contributed by atoms with Gasteiger partial charge in [0, 0.05) is 41.0 Å². The predicted molar refractivity (Wildman–Crippen MR) is 113 cm³/mol. The molecule has 1 heterocycles. The molecule has 146 valence electrons. The van der Waals surface area contributed by atoms with E-state index >= 15 is 0 Å². The Hall–Kier alpha value is -2.41. The van der Waals surface area contributed by atoms with Crippen LogP contribution in [-0.2, 0) is 18.3 Å². The molecule has 0 amide bonds. The maximum atomic E-state index is 12.8. The fourth-order valence-electron chi connectivity index (χ4n) is 3.49. The lowest BCUT2D eigenvalue weighted by Crippen LogP contribution is -2.07. The van der Waals surface area contributed by atoms with Crippen molar-refractivity contribution in [1.82, 2.24) is 4.57 Å². The number of anilines is 1. The molecule has 0 saturated carbocycles. The van der Waals surface area contributed by atoms with Gasteiger partial charge in [0.25, 0.3) is 0 Å². The number of hydrogen-bond acceptors (Lipinski definition) is 3. The minimum absolute atomic E-state index is 0.0451. The largest absolute Gasteiger partial charge is 0.755 e. The van der Waals surface area contributed by atoms with Crippen LogP contribution in [0, 0.1) is 6.92 Å². The summed E-state index contributed by atoms with van der Waals surface area (Å²) in [6, 6.07) is 14.5. The molecular formula is C21H20ClN2O3S-. The molecular weight excluding hydrogens is 396 g/mol. The Labute approximate surface area is 171 Å². The first-order valence-corrected chi connectivity index (χ1v) is 10.2. The molecule has 0 radical (unpaired) electrons. The van der Waals surface area contributed by atoms with Crippen molar-refractivity contribution in [2.75, 3.05) is 4.72 Å². The number of aromatic nitrogens is 1. The van der Waals surface area contributed by atoms with E-state index < -0.39 is 11.3 Å². The lowest BCUT2D eigenvalue weighted by Gasteiger charge is -2.10. The second-order valence-electron chi connectivity index (χ2n) is 6.45. The number of carbonyl (C=O) groups is 1. The van der Waals surface area contributed by atoms with Gasteiger partial charge in [-0.2, -0.15) is 0 Å². The van der Waals surface area contributed by atoms with Crippen LogP contribution in [0.4, 0.5) is 5.69 Å². The average Bonchev–Trinajstić information content (AvgIpc) is 2.92. The molecule has 1 N–H and O–H groups in total. The van der Waals surface area contributed by atoms with Crippen LogP contribution >= 0.6 is 11.6 Å². The molecule has 0 bridgehead atoms. The minimum atomic E-state index is -2.38. The number of nitrogens with one attached hydrogen (secondary N) is 1. The highest BCUT2D eigenvalue weighted by atomic mass is 35.5. The van der Waals surface area contributed by atoms with E-state index in [0.29, 0.717) is 22.8 Å². The maximum Gasteiger partial charge on any atom is 0.179 e. The van der Waals surface area contributed by atoms with Crippen molar-refractivity contribution < 1.29 is 13.6 Å². The van der Waals surface area contributed by atoms with Crippen molar-refractivity contribution in [3.8, 4) is 22.4 Å². The summed E-state index contributed by atoms with van der Waals surface area (Å²) in [5.41, 5.74) is 5.72. The summed E-state index contributed by atoms with van der Waals surface area (Å²) < 4.78 is 25.9. The summed E-state index contributed by atoms with van der Waals surface area (Å²) >= 11 is 3.64. The fraction of sp³-hybridized carbons (Fsp3) is 0.190. The SMILES string of the molecule is CCC(=O)c1c(-c2ccc(NS(=O)[O-])cc2)c(C)c(-c2ccc(Cl)cc2)n1C. The number of ketones is 1. The summed E-state index contributed by atoms with van der Waals surface area (Å²) in [5.74, 6) is 0.0451. The molecule has 0 fully saturated rings. The van der Waals surface area contributed by atoms with Crippen LogP contribution in [0.3, 0.4) is 0 Å². The predicted octanol–water partition coefficient (Wildman–Crippen LogP) is 5.12. The molecule has 3 aromatic rings. The first-order valence-electron chi connectivity index (χ1n) is 8.78. The quantitative estimate of drug-likeness (QED) is 0.448. The molecule has 0 saturated heterocycles. The number of Topliss-reactive ketones (excluding diaryl/α,β-unsaturated/α-hetero) is 1. The van der Waals surface area contributed by atoms with Crippen LogP contribution in [0.5, 0.6) is 0 Å². The highest BCUT2D eigenvalue weighted by Gasteiger charge is 2.24. The lowest BCUT2D eigenvalue weighted by molar-refractivity contribution is 0.0981. The number of rotatable bonds is 6. The zero-order valence-corrected chi connectivity index (χ0v) is 17.4. The van der Waals surface area contributed by atoms with Crippen molar-refractivity contribution in [2.24, 2.45) is 7.05 Å². The Balaban J connectivity index is 2.19. The molecule has 1 aromatic heterocycles. The van der Waals surface area contributed by atoms with Crippen LogP contribution in [0.2, 0.25) is 5.02 Å². The zero-order valence-electron chi connectivity index (χ0n) is 15.8. The number of nitrogens with zero attached hydrogens (tertiary/aromatic N) is 1. The number of halogens is 1. The van der Waals surface area contributed by atoms with Gasteiger partial charge >= 0.3 is 0 Å². The molecule has 1 atom stereocenters. The summed E-state index contributed by atoms with van der Waals surface area (Å²) in [5, 5.41) is 0.652. The molecule has 5 nitrogen and oxygen atoms in total. The van der Waals surface area contributed by atoms with Gasteiger partial charge in [0.1, 0.15) is 0 Å². The Bertz CT molecular complexity index is 1040. The highest BCUT2D eigenvalue weighted by molar-refractivity contribution is 7.80. The van der Waals surface area contributed by atoms with Crippen LogP contribution in [0.15, 0.2) is 48.5 Å². The van der Waals surface area contributed by atoms with E-state index in [2.05, 4.69) is 4.72 Å². The highest BCUT2D eigenvalue weighted by Crippen LogP contribution is 2.38. The minimum Gasteiger partial charge on any atom is -0.755 e. The Morgan fingerprint density at radius 1 is 1.11 bits per heavy atom. The van der Waals surface area contributed by atoms with Crippen LogP contribution in [0.1, 0.15) is 29.4 Å². The topological polar surface area (TPSA) is 74.2 Å². The smallest absolute Gasteiger partial charge is 0.179 e. The standard InChI is InChI=1S/C21H21ClN2O3S/c1-4-18(25)21-19(14-7-11-17(12-8-14)23-28(26)27)13(2)20(24(21)3)15-5-9-16(22)10-6-15/h5-12,23H,4H2,1-3H3,(H,26,27)/p-1. The van der Waals surface area contributed by atoms with Gasteiger partial charge in [-0.3, -0.25) is 9.00 Å². The van der Waals surface area contributed by atoms with Crippen molar-refractivity contribution in [2.45, 2.75) is 20.3 Å². The van der Waals surface area contributed by atoms with Gasteiger partial charge in [-0.1, -0.05) is 42.8 Å². The second-order valence-corrected chi connectivity index (χ2v) is 7.56. The van der Waals surface area contributed by atoms with E-state index in [0.717, 1.165) is 27.9 Å². The zero-order chi connectivity index (χ0) is 20.4. The third kappa shape index (κ3) is 3.90. The van der Waals surface area contributed by atoms with Crippen molar-refractivity contribution in [3.63, 3.8) is 0 Å². The van der Waals surface area contributed by atoms with Gasteiger partial charge in [-0.05, 0) is 47.9 Å². The molecule has 0 spiro atoms. The molecule has 2 aromatic carbocycles. The van der Waals surface area contributed by atoms with Gasteiger partial charge < -0.3 is 13.8 Å². The summed E-state index contributed by atoms with van der Waals surface area (Å²) in [7, 11) is 1.89. The Morgan fingerprint density at radius 2 is 1.68 bits per heavy atom. The first-order chi connectivity index (χ1) is 13.3. The summed E-state index contributed by atoms with van der Waals surface area (Å²) in [6.45, 7) is 3.83. The lowest BCUT2D eigenvalue weighted by atomic mass is 9.97. The maximum absolute atomic E-state index is 12.8. The molecule has 0 aliphatic heterocycles. The van der Waals surface area contributed by atoms with Crippen LogP contribution < -0.4 is 4.72 Å². The third-order valence-electron chi connectivity index (χ3n) is 4.72.